The molecule has 6 heteroatoms. The molecule has 0 unspecified atom stereocenters. The molecule has 1 heterocycles. The van der Waals surface area contributed by atoms with Gasteiger partial charge in [-0.25, -0.2) is 9.37 Å². The van der Waals surface area contributed by atoms with Crippen molar-refractivity contribution in [1.29, 1.82) is 0 Å². The number of halogens is 2. The topological polar surface area (TPSA) is 42.0 Å². The van der Waals surface area contributed by atoms with Crippen molar-refractivity contribution in [1.82, 2.24) is 10.3 Å². The third-order valence-corrected chi connectivity index (χ3v) is 4.76. The van der Waals surface area contributed by atoms with E-state index < -0.39 is 11.7 Å². The Hall–Kier alpha value is -2.05. The zero-order chi connectivity index (χ0) is 17.1. The molecule has 0 aliphatic rings. The lowest BCUT2D eigenvalue weighted by atomic mass is 10.1. The summed E-state index contributed by atoms with van der Waals surface area (Å²) < 4.78 is 14.4. The summed E-state index contributed by atoms with van der Waals surface area (Å²) in [6, 6.07) is 12.2. The summed E-state index contributed by atoms with van der Waals surface area (Å²) in [5.74, 6) is -0.977. The van der Waals surface area contributed by atoms with E-state index in [1.54, 1.807) is 17.4 Å². The van der Waals surface area contributed by atoms with Crippen LogP contribution in [0.25, 0.3) is 11.3 Å². The number of thiazole rings is 1. The average molecular weight is 405 g/mol. The normalized spacial score (nSPS) is 10.6. The number of carbonyl (C=O) groups excluding carboxylic acids is 1. The molecule has 1 aromatic heterocycles. The van der Waals surface area contributed by atoms with Gasteiger partial charge in [0.2, 0.25) is 0 Å². The summed E-state index contributed by atoms with van der Waals surface area (Å²) in [4.78, 5) is 16.5. The minimum atomic E-state index is -0.545. The van der Waals surface area contributed by atoms with Gasteiger partial charge in [0.1, 0.15) is 5.82 Å². The molecule has 0 bridgehead atoms. The predicted octanol–water partition coefficient (Wildman–Crippen LogP) is 4.95. The summed E-state index contributed by atoms with van der Waals surface area (Å²) in [5.41, 5.74) is 2.96. The first-order chi connectivity index (χ1) is 11.5. The molecule has 122 valence electrons. The highest BCUT2D eigenvalue weighted by Crippen LogP contribution is 2.22. The first kappa shape index (κ1) is 16.8. The summed E-state index contributed by atoms with van der Waals surface area (Å²) in [5, 5.41) is 5.77. The monoisotopic (exact) mass is 404 g/mol. The molecule has 1 amide bonds. The molecule has 0 aliphatic heterocycles. The van der Waals surface area contributed by atoms with E-state index in [9.17, 15) is 9.18 Å². The molecule has 0 atom stereocenters. The lowest BCUT2D eigenvalue weighted by molar-refractivity contribution is 0.0947. The van der Waals surface area contributed by atoms with Gasteiger partial charge >= 0.3 is 0 Å². The highest BCUT2D eigenvalue weighted by molar-refractivity contribution is 9.10. The molecule has 0 fully saturated rings. The molecular weight excluding hydrogens is 391 g/mol. The van der Waals surface area contributed by atoms with Crippen LogP contribution in [0.1, 0.15) is 20.9 Å². The fourth-order valence-electron chi connectivity index (χ4n) is 2.24. The second-order valence-corrected chi connectivity index (χ2v) is 7.23. The van der Waals surface area contributed by atoms with Crippen LogP contribution in [0.15, 0.2) is 52.3 Å². The Morgan fingerprint density at radius 2 is 2.00 bits per heavy atom. The van der Waals surface area contributed by atoms with Crippen LogP contribution in [-0.4, -0.2) is 10.9 Å². The van der Waals surface area contributed by atoms with Crippen LogP contribution in [0.4, 0.5) is 4.39 Å². The minimum absolute atomic E-state index is 0.0350. The molecule has 3 rings (SSSR count). The van der Waals surface area contributed by atoms with Gasteiger partial charge < -0.3 is 5.32 Å². The zero-order valence-corrected chi connectivity index (χ0v) is 15.2. The van der Waals surface area contributed by atoms with Gasteiger partial charge in [-0.3, -0.25) is 4.79 Å². The van der Waals surface area contributed by atoms with E-state index in [0.717, 1.165) is 21.8 Å². The molecular formula is C18H14BrFN2OS. The molecule has 0 radical (unpaired) electrons. The van der Waals surface area contributed by atoms with E-state index in [0.29, 0.717) is 11.0 Å². The maximum absolute atomic E-state index is 13.8. The van der Waals surface area contributed by atoms with Gasteiger partial charge in [-0.15, -0.1) is 11.3 Å². The zero-order valence-electron chi connectivity index (χ0n) is 12.8. The molecule has 3 aromatic rings. The van der Waals surface area contributed by atoms with Crippen molar-refractivity contribution in [2.45, 2.75) is 13.5 Å². The van der Waals surface area contributed by atoms with Crippen molar-refractivity contribution in [2.24, 2.45) is 0 Å². The first-order valence-corrected chi connectivity index (χ1v) is 8.95. The number of aryl methyl sites for hydroxylation is 1. The lowest BCUT2D eigenvalue weighted by Crippen LogP contribution is -2.23. The first-order valence-electron chi connectivity index (χ1n) is 7.27. The number of aromatic nitrogens is 1. The third-order valence-electron chi connectivity index (χ3n) is 3.50. The number of nitrogens with one attached hydrogen (secondary N) is 1. The largest absolute Gasteiger partial charge is 0.348 e. The predicted molar refractivity (Wildman–Crippen MR) is 97.6 cm³/mol. The number of nitrogens with zero attached hydrogens (tertiary/aromatic N) is 1. The molecule has 0 aliphatic carbocycles. The Morgan fingerprint density at radius 1 is 1.25 bits per heavy atom. The second-order valence-electron chi connectivity index (χ2n) is 5.26. The maximum Gasteiger partial charge on any atom is 0.254 e. The molecule has 1 N–H and O–H groups in total. The van der Waals surface area contributed by atoms with Crippen LogP contribution in [0, 0.1) is 12.7 Å². The average Bonchev–Trinajstić information content (AvgIpc) is 2.99. The fraction of sp³-hybridized carbons (Fsp3) is 0.111. The van der Waals surface area contributed by atoms with Gasteiger partial charge in [0.15, 0.2) is 0 Å². The number of carbonyl (C=O) groups is 1. The lowest BCUT2D eigenvalue weighted by Gasteiger charge is -2.07. The van der Waals surface area contributed by atoms with Crippen molar-refractivity contribution in [3.63, 3.8) is 0 Å². The summed E-state index contributed by atoms with van der Waals surface area (Å²) in [6.07, 6.45) is 0. The van der Waals surface area contributed by atoms with E-state index in [4.69, 9.17) is 0 Å². The highest BCUT2D eigenvalue weighted by atomic mass is 79.9. The van der Waals surface area contributed by atoms with Crippen molar-refractivity contribution in [2.75, 3.05) is 0 Å². The van der Waals surface area contributed by atoms with Gasteiger partial charge in [0.25, 0.3) is 5.91 Å². The summed E-state index contributed by atoms with van der Waals surface area (Å²) >= 11 is 4.78. The van der Waals surface area contributed by atoms with Crippen LogP contribution >= 0.6 is 27.3 Å². The number of benzene rings is 2. The van der Waals surface area contributed by atoms with Crippen LogP contribution in [-0.2, 0) is 6.54 Å². The van der Waals surface area contributed by atoms with Crippen molar-refractivity contribution >= 4 is 33.2 Å². The van der Waals surface area contributed by atoms with Gasteiger partial charge in [-0.2, -0.15) is 0 Å². The summed E-state index contributed by atoms with van der Waals surface area (Å²) in [6.45, 7) is 2.31. The standard InChI is InChI=1S/C18H14BrFN2OS/c1-11-22-17(10-24-11)13-4-2-12(3-5-13)9-21-18(23)15-7-6-14(19)8-16(15)20/h2-8,10H,9H2,1H3,(H,21,23). The minimum Gasteiger partial charge on any atom is -0.348 e. The smallest absolute Gasteiger partial charge is 0.254 e. The fourth-order valence-corrected chi connectivity index (χ4v) is 3.20. The van der Waals surface area contributed by atoms with E-state index in [2.05, 4.69) is 26.2 Å². The third kappa shape index (κ3) is 3.88. The Balaban J connectivity index is 1.65. The number of rotatable bonds is 4. The van der Waals surface area contributed by atoms with E-state index >= 15 is 0 Å². The van der Waals surface area contributed by atoms with Gasteiger partial charge in [-0.1, -0.05) is 40.2 Å². The number of amides is 1. The maximum atomic E-state index is 13.8. The van der Waals surface area contributed by atoms with Crippen LogP contribution < -0.4 is 5.32 Å². The van der Waals surface area contributed by atoms with Gasteiger partial charge in [-0.05, 0) is 30.7 Å². The number of hydrogen-bond donors (Lipinski definition) is 1. The molecule has 3 nitrogen and oxygen atoms in total. The SMILES string of the molecule is Cc1nc(-c2ccc(CNC(=O)c3ccc(Br)cc3F)cc2)cs1. The van der Waals surface area contributed by atoms with Crippen molar-refractivity contribution < 1.29 is 9.18 Å². The molecule has 24 heavy (non-hydrogen) atoms. The van der Waals surface area contributed by atoms with E-state index in [-0.39, 0.29) is 5.56 Å². The number of hydrogen-bond acceptors (Lipinski definition) is 3. The second kappa shape index (κ2) is 7.23. The quantitative estimate of drug-likeness (QED) is 0.668. The van der Waals surface area contributed by atoms with Gasteiger partial charge in [0, 0.05) is 22.0 Å². The Bertz CT molecular complexity index is 877. The van der Waals surface area contributed by atoms with E-state index in [1.165, 1.54) is 12.1 Å². The molecule has 0 spiro atoms. The Kier molecular flexibility index (Phi) is 5.06. The van der Waals surface area contributed by atoms with Crippen molar-refractivity contribution in [3.8, 4) is 11.3 Å². The van der Waals surface area contributed by atoms with Gasteiger partial charge in [0.05, 0.1) is 16.3 Å². The highest BCUT2D eigenvalue weighted by Gasteiger charge is 2.11. The summed E-state index contributed by atoms with van der Waals surface area (Å²) in [7, 11) is 0. The van der Waals surface area contributed by atoms with Crippen LogP contribution in [0.3, 0.4) is 0 Å². The molecule has 2 aromatic carbocycles. The van der Waals surface area contributed by atoms with Crippen molar-refractivity contribution in [3.05, 3.63) is 74.3 Å². The van der Waals surface area contributed by atoms with Crippen LogP contribution in [0.5, 0.6) is 0 Å². The Labute approximate surface area is 151 Å². The molecule has 0 saturated heterocycles. The Morgan fingerprint density at radius 3 is 2.62 bits per heavy atom. The van der Waals surface area contributed by atoms with E-state index in [1.807, 2.05) is 36.6 Å². The molecule has 0 saturated carbocycles. The van der Waals surface area contributed by atoms with Crippen LogP contribution in [0.2, 0.25) is 0 Å².